The zero-order valence-corrected chi connectivity index (χ0v) is 8.13. The van der Waals surface area contributed by atoms with Crippen molar-refractivity contribution < 1.29 is 4.74 Å². The maximum atomic E-state index is 4.84. The van der Waals surface area contributed by atoms with Crippen LogP contribution in [0.3, 0.4) is 0 Å². The molecule has 0 unspecified atom stereocenters. The number of hydrogen-bond donors (Lipinski definition) is 0. The number of nitrogens with zero attached hydrogens (tertiary/aromatic N) is 2. The van der Waals surface area contributed by atoms with Crippen LogP contribution in [0.5, 0.6) is 5.88 Å². The smallest absolute Gasteiger partial charge is 0.233 e. The van der Waals surface area contributed by atoms with Crippen molar-refractivity contribution >= 4 is 15.9 Å². The second kappa shape index (κ2) is 4.73. The van der Waals surface area contributed by atoms with Crippen LogP contribution in [0.15, 0.2) is 12.1 Å². The average Bonchev–Trinajstić information content (AvgIpc) is 2.15. The Labute approximate surface area is 79.3 Å². The minimum atomic E-state index is 0.499. The third-order valence-electron chi connectivity index (χ3n) is 1.13. The lowest BCUT2D eigenvalue weighted by molar-refractivity contribution is 0.391. The molecule has 0 saturated carbocycles. The lowest BCUT2D eigenvalue weighted by Crippen LogP contribution is -1.91. The van der Waals surface area contributed by atoms with Crippen LogP contribution in [0, 0.1) is 11.8 Å². The van der Waals surface area contributed by atoms with E-state index in [9.17, 15) is 0 Å². The molecule has 1 rings (SSSR count). The molecule has 0 aliphatic heterocycles. The minimum Gasteiger partial charge on any atom is -0.480 e. The summed E-state index contributed by atoms with van der Waals surface area (Å²) in [5.41, 5.74) is 0.648. The molecule has 0 amide bonds. The fraction of sp³-hybridized carbons (Fsp3) is 0.250. The molecule has 0 bridgehead atoms. The van der Waals surface area contributed by atoms with Crippen LogP contribution in [0.1, 0.15) is 5.69 Å². The highest BCUT2D eigenvalue weighted by molar-refractivity contribution is 9.09. The van der Waals surface area contributed by atoms with Crippen molar-refractivity contribution in [3.8, 4) is 17.7 Å². The number of methoxy groups -OCH3 is 1. The summed E-state index contributed by atoms with van der Waals surface area (Å²) in [6, 6.07) is 3.49. The number of halogens is 1. The highest BCUT2D eigenvalue weighted by Crippen LogP contribution is 2.01. The molecule has 0 atom stereocenters. The molecule has 1 aromatic heterocycles. The molecule has 0 spiro atoms. The van der Waals surface area contributed by atoms with Crippen LogP contribution in [0.2, 0.25) is 0 Å². The molecule has 0 saturated heterocycles. The first kappa shape index (κ1) is 9.01. The maximum absolute atomic E-state index is 4.84. The summed E-state index contributed by atoms with van der Waals surface area (Å²) in [6.45, 7) is 0. The summed E-state index contributed by atoms with van der Waals surface area (Å²) in [4.78, 5) is 0. The summed E-state index contributed by atoms with van der Waals surface area (Å²) < 4.78 is 4.84. The van der Waals surface area contributed by atoms with Gasteiger partial charge in [-0.05, 0) is 12.0 Å². The Morgan fingerprint density at radius 3 is 2.83 bits per heavy atom. The second-order valence-corrected chi connectivity index (χ2v) is 2.46. The van der Waals surface area contributed by atoms with Gasteiger partial charge in [-0.3, -0.25) is 0 Å². The Kier molecular flexibility index (Phi) is 3.55. The van der Waals surface area contributed by atoms with Crippen molar-refractivity contribution in [1.29, 1.82) is 0 Å². The Morgan fingerprint density at radius 2 is 2.33 bits per heavy atom. The van der Waals surface area contributed by atoms with Crippen molar-refractivity contribution in [2.75, 3.05) is 12.4 Å². The van der Waals surface area contributed by atoms with Gasteiger partial charge < -0.3 is 4.74 Å². The molecule has 1 heterocycles. The lowest BCUT2D eigenvalue weighted by atomic mass is 10.4. The van der Waals surface area contributed by atoms with Crippen molar-refractivity contribution in [2.24, 2.45) is 0 Å². The highest BCUT2D eigenvalue weighted by Gasteiger charge is 1.91. The fourth-order valence-electron chi connectivity index (χ4n) is 0.620. The van der Waals surface area contributed by atoms with Crippen molar-refractivity contribution in [3.05, 3.63) is 17.8 Å². The summed E-state index contributed by atoms with van der Waals surface area (Å²) in [5.74, 6) is 6.14. The van der Waals surface area contributed by atoms with E-state index < -0.39 is 0 Å². The summed E-state index contributed by atoms with van der Waals surface area (Å²) in [7, 11) is 1.55. The van der Waals surface area contributed by atoms with Gasteiger partial charge in [0.15, 0.2) is 0 Å². The molecule has 1 aromatic rings. The molecular weight excluding hydrogens is 220 g/mol. The van der Waals surface area contributed by atoms with E-state index in [0.29, 0.717) is 16.9 Å². The molecule has 0 radical (unpaired) electrons. The van der Waals surface area contributed by atoms with E-state index in [4.69, 9.17) is 4.74 Å². The highest BCUT2D eigenvalue weighted by atomic mass is 79.9. The Bertz CT molecular complexity index is 299. The predicted molar refractivity (Wildman–Crippen MR) is 49.3 cm³/mol. The van der Waals surface area contributed by atoms with Gasteiger partial charge in [0, 0.05) is 6.07 Å². The molecule has 62 valence electrons. The number of hydrogen-bond acceptors (Lipinski definition) is 3. The molecule has 3 nitrogen and oxygen atoms in total. The Hall–Kier alpha value is -1.08. The lowest BCUT2D eigenvalue weighted by Gasteiger charge is -1.94. The Balaban J connectivity index is 2.78. The van der Waals surface area contributed by atoms with Gasteiger partial charge in [-0.15, -0.1) is 10.2 Å². The van der Waals surface area contributed by atoms with Crippen LogP contribution < -0.4 is 4.74 Å². The third kappa shape index (κ3) is 2.51. The maximum Gasteiger partial charge on any atom is 0.233 e. The standard InChI is InChI=1S/C8H7BrN2O/c1-12-8-5-4-7(10-11-8)3-2-6-9/h4-5H,6H2,1H3. The average molecular weight is 227 g/mol. The van der Waals surface area contributed by atoms with Crippen LogP contribution in [0.25, 0.3) is 0 Å². The van der Waals surface area contributed by atoms with Crippen LogP contribution in [-0.4, -0.2) is 22.6 Å². The summed E-state index contributed by atoms with van der Waals surface area (Å²) >= 11 is 3.19. The zero-order chi connectivity index (χ0) is 8.81. The Morgan fingerprint density at radius 1 is 1.50 bits per heavy atom. The van der Waals surface area contributed by atoms with Gasteiger partial charge in [0.05, 0.1) is 12.4 Å². The van der Waals surface area contributed by atoms with Crippen molar-refractivity contribution in [1.82, 2.24) is 10.2 Å². The van der Waals surface area contributed by atoms with Crippen molar-refractivity contribution in [2.45, 2.75) is 0 Å². The molecule has 0 aliphatic rings. The molecule has 12 heavy (non-hydrogen) atoms. The molecule has 0 aliphatic carbocycles. The molecule has 0 fully saturated rings. The van der Waals surface area contributed by atoms with E-state index in [0.717, 1.165) is 0 Å². The first-order valence-electron chi connectivity index (χ1n) is 3.29. The van der Waals surface area contributed by atoms with Crippen LogP contribution in [0.4, 0.5) is 0 Å². The second-order valence-electron chi connectivity index (χ2n) is 1.90. The topological polar surface area (TPSA) is 35.0 Å². The van der Waals surface area contributed by atoms with Gasteiger partial charge in [0.2, 0.25) is 5.88 Å². The third-order valence-corrected chi connectivity index (χ3v) is 1.41. The monoisotopic (exact) mass is 226 g/mol. The number of ether oxygens (including phenoxy) is 1. The van der Waals surface area contributed by atoms with E-state index >= 15 is 0 Å². The van der Waals surface area contributed by atoms with Gasteiger partial charge in [-0.2, -0.15) is 0 Å². The fourth-order valence-corrected chi connectivity index (χ4v) is 0.760. The van der Waals surface area contributed by atoms with Crippen LogP contribution in [-0.2, 0) is 0 Å². The first-order valence-corrected chi connectivity index (χ1v) is 4.41. The van der Waals surface area contributed by atoms with Gasteiger partial charge in [0.25, 0.3) is 0 Å². The summed E-state index contributed by atoms with van der Waals surface area (Å²) in [5, 5.41) is 8.22. The number of rotatable bonds is 1. The van der Waals surface area contributed by atoms with E-state index in [1.807, 2.05) is 0 Å². The van der Waals surface area contributed by atoms with Crippen molar-refractivity contribution in [3.63, 3.8) is 0 Å². The molecule has 0 N–H and O–H groups in total. The zero-order valence-electron chi connectivity index (χ0n) is 6.54. The number of alkyl halides is 1. The molecule has 4 heteroatoms. The van der Waals surface area contributed by atoms with Gasteiger partial charge in [0.1, 0.15) is 5.69 Å². The SMILES string of the molecule is COc1ccc(C#CCBr)nn1. The normalized spacial score (nSPS) is 8.50. The van der Waals surface area contributed by atoms with Gasteiger partial charge >= 0.3 is 0 Å². The predicted octanol–water partition coefficient (Wildman–Crippen LogP) is 1.23. The molecule has 0 aromatic carbocycles. The number of aromatic nitrogens is 2. The van der Waals surface area contributed by atoms with Gasteiger partial charge in [-0.25, -0.2) is 0 Å². The minimum absolute atomic E-state index is 0.499. The first-order chi connectivity index (χ1) is 5.86. The largest absolute Gasteiger partial charge is 0.480 e. The van der Waals surface area contributed by atoms with E-state index in [1.165, 1.54) is 0 Å². The van der Waals surface area contributed by atoms with E-state index in [-0.39, 0.29) is 0 Å². The van der Waals surface area contributed by atoms with E-state index in [2.05, 4.69) is 38.0 Å². The summed E-state index contributed by atoms with van der Waals surface area (Å²) in [6.07, 6.45) is 0. The van der Waals surface area contributed by atoms with Crippen LogP contribution >= 0.6 is 15.9 Å². The quantitative estimate of drug-likeness (QED) is 0.534. The molecular formula is C8H7BrN2O. The van der Waals surface area contributed by atoms with E-state index in [1.54, 1.807) is 19.2 Å². The van der Waals surface area contributed by atoms with Gasteiger partial charge in [-0.1, -0.05) is 21.9 Å².